The first-order chi connectivity index (χ1) is 13.9. The fourth-order valence-electron chi connectivity index (χ4n) is 2.59. The van der Waals surface area contributed by atoms with Crippen molar-refractivity contribution in [3.8, 4) is 23.0 Å². The molecular formula is C20H25N3O6. The van der Waals surface area contributed by atoms with Crippen LogP contribution in [0.4, 0.5) is 5.69 Å². The molecule has 0 saturated heterocycles. The second kappa shape index (κ2) is 10.1. The summed E-state index contributed by atoms with van der Waals surface area (Å²) >= 11 is 0. The summed E-state index contributed by atoms with van der Waals surface area (Å²) in [6, 6.07) is 8.54. The van der Waals surface area contributed by atoms with Crippen molar-refractivity contribution < 1.29 is 28.5 Å². The molecule has 29 heavy (non-hydrogen) atoms. The Morgan fingerprint density at radius 2 is 1.45 bits per heavy atom. The number of aryl methyl sites for hydroxylation is 1. The molecule has 0 saturated carbocycles. The molecule has 0 heterocycles. The highest BCUT2D eigenvalue weighted by molar-refractivity contribution is 5.97. The molecule has 156 valence electrons. The number of amides is 2. The zero-order valence-electron chi connectivity index (χ0n) is 17.0. The van der Waals surface area contributed by atoms with E-state index in [1.54, 1.807) is 7.11 Å². The van der Waals surface area contributed by atoms with E-state index in [0.29, 0.717) is 28.7 Å². The maximum Gasteiger partial charge on any atom is 0.269 e. The molecule has 0 aliphatic rings. The van der Waals surface area contributed by atoms with Gasteiger partial charge in [-0.25, -0.2) is 0 Å². The van der Waals surface area contributed by atoms with Crippen LogP contribution in [0.5, 0.6) is 23.0 Å². The molecule has 9 heteroatoms. The third-order valence-corrected chi connectivity index (χ3v) is 4.04. The fraction of sp³-hybridized carbons (Fsp3) is 0.300. The number of ether oxygens (including phenoxy) is 4. The number of carbonyl (C=O) groups is 2. The van der Waals surface area contributed by atoms with E-state index in [1.165, 1.54) is 33.5 Å². The van der Waals surface area contributed by atoms with Gasteiger partial charge in [-0.15, -0.1) is 0 Å². The Labute approximate surface area is 169 Å². The first-order valence-corrected chi connectivity index (χ1v) is 8.71. The summed E-state index contributed by atoms with van der Waals surface area (Å²) in [5, 5.41) is 2.97. The first kappa shape index (κ1) is 21.7. The smallest absolute Gasteiger partial charge is 0.269 e. The Morgan fingerprint density at radius 1 is 0.828 bits per heavy atom. The van der Waals surface area contributed by atoms with Crippen LogP contribution in [-0.4, -0.2) is 46.8 Å². The lowest BCUT2D eigenvalue weighted by Gasteiger charge is -2.15. The zero-order valence-corrected chi connectivity index (χ0v) is 17.0. The molecule has 2 aromatic carbocycles. The molecule has 2 rings (SSSR count). The Bertz CT molecular complexity index is 860. The molecule has 0 aliphatic carbocycles. The highest BCUT2D eigenvalue weighted by Crippen LogP contribution is 2.38. The van der Waals surface area contributed by atoms with Crippen LogP contribution in [0, 0.1) is 6.92 Å². The number of hydrazine groups is 1. The molecule has 0 fully saturated rings. The largest absolute Gasteiger partial charge is 0.495 e. The third kappa shape index (κ3) is 5.44. The van der Waals surface area contributed by atoms with Crippen molar-refractivity contribution in [2.24, 2.45) is 0 Å². The van der Waals surface area contributed by atoms with Crippen molar-refractivity contribution in [1.82, 2.24) is 10.9 Å². The predicted octanol–water partition coefficient (Wildman–Crippen LogP) is 1.90. The monoisotopic (exact) mass is 403 g/mol. The van der Waals surface area contributed by atoms with Gasteiger partial charge in [0.2, 0.25) is 5.75 Å². The van der Waals surface area contributed by atoms with Crippen LogP contribution in [0.25, 0.3) is 0 Å². The second-order valence-electron chi connectivity index (χ2n) is 5.97. The third-order valence-electron chi connectivity index (χ3n) is 4.04. The van der Waals surface area contributed by atoms with Gasteiger partial charge in [-0.2, -0.15) is 0 Å². The topological polar surface area (TPSA) is 107 Å². The number of benzene rings is 2. The molecule has 0 atom stereocenters. The summed E-state index contributed by atoms with van der Waals surface area (Å²) in [6.07, 6.45) is 0. The van der Waals surface area contributed by atoms with Gasteiger partial charge in [-0.1, -0.05) is 6.07 Å². The highest BCUT2D eigenvalue weighted by Gasteiger charge is 2.17. The number of anilines is 1. The summed E-state index contributed by atoms with van der Waals surface area (Å²) in [4.78, 5) is 24.5. The number of carbonyl (C=O) groups excluding carboxylic acids is 2. The van der Waals surface area contributed by atoms with Crippen molar-refractivity contribution in [1.29, 1.82) is 0 Å². The summed E-state index contributed by atoms with van der Waals surface area (Å²) in [5.41, 5.74) is 6.63. The molecule has 0 unspecified atom stereocenters. The number of hydrogen-bond donors (Lipinski definition) is 3. The Balaban J connectivity index is 1.98. The Hall–Kier alpha value is -3.62. The molecule has 0 aromatic heterocycles. The van der Waals surface area contributed by atoms with E-state index in [2.05, 4.69) is 16.2 Å². The van der Waals surface area contributed by atoms with Crippen molar-refractivity contribution in [3.05, 3.63) is 41.5 Å². The lowest BCUT2D eigenvalue weighted by Crippen LogP contribution is -2.44. The lowest BCUT2D eigenvalue weighted by molar-refractivity contribution is -0.120. The van der Waals surface area contributed by atoms with Gasteiger partial charge < -0.3 is 24.3 Å². The molecule has 0 radical (unpaired) electrons. The predicted molar refractivity (Wildman–Crippen MR) is 108 cm³/mol. The van der Waals surface area contributed by atoms with E-state index >= 15 is 0 Å². The van der Waals surface area contributed by atoms with Crippen LogP contribution in [0.2, 0.25) is 0 Å². The van der Waals surface area contributed by atoms with Gasteiger partial charge >= 0.3 is 0 Å². The van der Waals surface area contributed by atoms with Crippen molar-refractivity contribution in [3.63, 3.8) is 0 Å². The van der Waals surface area contributed by atoms with E-state index in [-0.39, 0.29) is 12.1 Å². The minimum absolute atomic E-state index is 0.0602. The lowest BCUT2D eigenvalue weighted by atomic mass is 10.1. The van der Waals surface area contributed by atoms with Crippen LogP contribution in [0.1, 0.15) is 15.9 Å². The number of hydrogen-bond acceptors (Lipinski definition) is 7. The fourth-order valence-corrected chi connectivity index (χ4v) is 2.59. The average molecular weight is 403 g/mol. The van der Waals surface area contributed by atoms with E-state index in [1.807, 2.05) is 25.1 Å². The molecule has 2 aromatic rings. The van der Waals surface area contributed by atoms with E-state index in [9.17, 15) is 9.59 Å². The molecule has 9 nitrogen and oxygen atoms in total. The maximum atomic E-state index is 12.4. The first-order valence-electron chi connectivity index (χ1n) is 8.71. The summed E-state index contributed by atoms with van der Waals surface area (Å²) in [6.45, 7) is 1.87. The van der Waals surface area contributed by atoms with Gasteiger partial charge in [-0.3, -0.25) is 20.4 Å². The van der Waals surface area contributed by atoms with Gasteiger partial charge in [0.05, 0.1) is 40.7 Å². The van der Waals surface area contributed by atoms with Crippen molar-refractivity contribution >= 4 is 17.5 Å². The summed E-state index contributed by atoms with van der Waals surface area (Å²) in [5.74, 6) is 0.671. The van der Waals surface area contributed by atoms with Gasteiger partial charge in [-0.05, 0) is 36.8 Å². The Morgan fingerprint density at radius 3 is 2.00 bits per heavy atom. The van der Waals surface area contributed by atoms with Crippen LogP contribution in [-0.2, 0) is 4.79 Å². The van der Waals surface area contributed by atoms with Crippen LogP contribution in [0.3, 0.4) is 0 Å². The van der Waals surface area contributed by atoms with Gasteiger partial charge in [0.25, 0.3) is 11.8 Å². The molecular weight excluding hydrogens is 378 g/mol. The quantitative estimate of drug-likeness (QED) is 0.578. The zero-order chi connectivity index (χ0) is 21.4. The molecule has 0 aliphatic heterocycles. The SMILES string of the molecule is COc1ccc(C)cc1NCC(=O)NNC(=O)c1cc(OC)c(OC)c(OC)c1. The van der Waals surface area contributed by atoms with E-state index < -0.39 is 11.8 Å². The molecule has 0 bridgehead atoms. The normalized spacial score (nSPS) is 9.97. The minimum Gasteiger partial charge on any atom is -0.495 e. The number of methoxy groups -OCH3 is 4. The van der Waals surface area contributed by atoms with Crippen molar-refractivity contribution in [2.75, 3.05) is 40.3 Å². The van der Waals surface area contributed by atoms with Gasteiger partial charge in [0, 0.05) is 5.56 Å². The summed E-state index contributed by atoms with van der Waals surface area (Å²) in [7, 11) is 5.92. The van der Waals surface area contributed by atoms with Gasteiger partial charge in [0.15, 0.2) is 11.5 Å². The van der Waals surface area contributed by atoms with Crippen molar-refractivity contribution in [2.45, 2.75) is 6.92 Å². The molecule has 3 N–H and O–H groups in total. The van der Waals surface area contributed by atoms with E-state index in [4.69, 9.17) is 18.9 Å². The molecule has 0 spiro atoms. The average Bonchev–Trinajstić information content (AvgIpc) is 2.74. The van der Waals surface area contributed by atoms with Crippen LogP contribution < -0.4 is 35.1 Å². The van der Waals surface area contributed by atoms with Crippen LogP contribution >= 0.6 is 0 Å². The Kier molecular flexibility index (Phi) is 7.53. The maximum absolute atomic E-state index is 12.4. The second-order valence-corrected chi connectivity index (χ2v) is 5.97. The van der Waals surface area contributed by atoms with E-state index in [0.717, 1.165) is 5.56 Å². The highest BCUT2D eigenvalue weighted by atomic mass is 16.5. The molecule has 2 amide bonds. The van der Waals surface area contributed by atoms with Crippen LogP contribution in [0.15, 0.2) is 30.3 Å². The number of nitrogens with one attached hydrogen (secondary N) is 3. The standard InChI is InChI=1S/C20H25N3O6/c1-12-6-7-15(26-2)14(8-12)21-11-18(24)22-23-20(25)13-9-16(27-3)19(29-5)17(10-13)28-4/h6-10,21H,11H2,1-5H3,(H,22,24)(H,23,25). The summed E-state index contributed by atoms with van der Waals surface area (Å²) < 4.78 is 20.9. The number of rotatable bonds is 8. The minimum atomic E-state index is -0.536. The van der Waals surface area contributed by atoms with Gasteiger partial charge in [0.1, 0.15) is 5.75 Å².